The van der Waals surface area contributed by atoms with Crippen LogP contribution in [-0.4, -0.2) is 30.3 Å². The normalized spacial score (nSPS) is 11.0. The molecule has 0 atom stereocenters. The molecular formula is C42H66O6. The molecule has 1 N–H and O–H groups in total. The summed E-state index contributed by atoms with van der Waals surface area (Å²) in [7, 11) is 0. The van der Waals surface area contributed by atoms with Crippen LogP contribution in [0.2, 0.25) is 0 Å². The van der Waals surface area contributed by atoms with Crippen molar-refractivity contribution in [3.05, 3.63) is 53.6 Å². The van der Waals surface area contributed by atoms with Crippen LogP contribution in [0.3, 0.4) is 0 Å². The standard InChI is InChI=1S/C42H66O6/c1-3-5-7-9-11-13-15-17-19-21-23-25-33-46-39-32-29-37(42(45)48-38-30-27-36(28-31-38)41(43)44)35-40(39)47-34-26-24-22-20-18-16-14-12-10-8-6-4-2/h27-32,35H,3-26,33-34H2,1-2H3,(H,43,44). The molecular weight excluding hydrogens is 600 g/mol. The Morgan fingerprint density at radius 2 is 0.854 bits per heavy atom. The summed E-state index contributed by atoms with van der Waals surface area (Å²) in [4.78, 5) is 24.1. The SMILES string of the molecule is CCCCCCCCCCCCCCOc1ccc(C(=O)Oc2ccc(C(=O)O)cc2)cc1OCCCCCCCCCCCCCC. The average molecular weight is 667 g/mol. The molecule has 6 heteroatoms. The first kappa shape index (κ1) is 41.2. The highest BCUT2D eigenvalue weighted by Gasteiger charge is 2.15. The summed E-state index contributed by atoms with van der Waals surface area (Å²) in [5, 5.41) is 9.12. The average Bonchev–Trinajstić information content (AvgIpc) is 3.09. The van der Waals surface area contributed by atoms with E-state index in [1.165, 1.54) is 153 Å². The molecule has 48 heavy (non-hydrogen) atoms. The molecule has 0 radical (unpaired) electrons. The number of carbonyl (C=O) groups is 2. The maximum absolute atomic E-state index is 12.9. The lowest BCUT2D eigenvalue weighted by atomic mass is 10.1. The van der Waals surface area contributed by atoms with Gasteiger partial charge in [0.25, 0.3) is 0 Å². The van der Waals surface area contributed by atoms with Crippen LogP contribution in [0.5, 0.6) is 17.2 Å². The van der Waals surface area contributed by atoms with Crippen LogP contribution in [0.1, 0.15) is 189 Å². The number of hydrogen-bond acceptors (Lipinski definition) is 5. The number of benzene rings is 2. The number of hydrogen-bond donors (Lipinski definition) is 1. The molecule has 0 amide bonds. The molecule has 0 aromatic heterocycles. The first-order chi connectivity index (χ1) is 23.5. The molecule has 0 aliphatic heterocycles. The molecule has 2 aromatic rings. The van der Waals surface area contributed by atoms with Gasteiger partial charge >= 0.3 is 11.9 Å². The van der Waals surface area contributed by atoms with Crippen molar-refractivity contribution in [1.82, 2.24) is 0 Å². The van der Waals surface area contributed by atoms with E-state index in [0.717, 1.165) is 25.7 Å². The molecule has 0 aliphatic carbocycles. The van der Waals surface area contributed by atoms with Gasteiger partial charge < -0.3 is 19.3 Å². The molecule has 2 rings (SSSR count). The van der Waals surface area contributed by atoms with Crippen LogP contribution < -0.4 is 14.2 Å². The van der Waals surface area contributed by atoms with E-state index >= 15 is 0 Å². The third-order valence-electron chi connectivity index (χ3n) is 9.00. The van der Waals surface area contributed by atoms with Gasteiger partial charge in [0.05, 0.1) is 24.3 Å². The fourth-order valence-corrected chi connectivity index (χ4v) is 5.95. The minimum Gasteiger partial charge on any atom is -0.490 e. The number of esters is 1. The van der Waals surface area contributed by atoms with Crippen molar-refractivity contribution < 1.29 is 28.9 Å². The first-order valence-corrected chi connectivity index (χ1v) is 19.5. The van der Waals surface area contributed by atoms with Crippen LogP contribution in [0.15, 0.2) is 42.5 Å². The Labute approximate surface area is 292 Å². The van der Waals surface area contributed by atoms with E-state index in [0.29, 0.717) is 30.3 Å². The Morgan fingerprint density at radius 1 is 0.479 bits per heavy atom. The van der Waals surface area contributed by atoms with Crippen molar-refractivity contribution in [3.63, 3.8) is 0 Å². The minimum absolute atomic E-state index is 0.137. The van der Waals surface area contributed by atoms with Crippen LogP contribution in [0.25, 0.3) is 0 Å². The minimum atomic E-state index is -1.03. The second-order valence-electron chi connectivity index (χ2n) is 13.4. The zero-order chi connectivity index (χ0) is 34.5. The molecule has 0 spiro atoms. The Morgan fingerprint density at radius 3 is 1.27 bits per heavy atom. The monoisotopic (exact) mass is 666 g/mol. The summed E-state index contributed by atoms with van der Waals surface area (Å²) < 4.78 is 17.8. The molecule has 270 valence electrons. The number of carbonyl (C=O) groups excluding carboxylic acids is 1. The first-order valence-electron chi connectivity index (χ1n) is 19.5. The summed E-state index contributed by atoms with van der Waals surface area (Å²) >= 11 is 0. The fraction of sp³-hybridized carbons (Fsp3) is 0.667. The van der Waals surface area contributed by atoms with Crippen LogP contribution in [0, 0.1) is 0 Å². The second kappa shape index (κ2) is 27.9. The van der Waals surface area contributed by atoms with E-state index in [-0.39, 0.29) is 11.3 Å². The summed E-state index contributed by atoms with van der Waals surface area (Å²) in [6.45, 7) is 5.72. The maximum atomic E-state index is 12.9. The smallest absolute Gasteiger partial charge is 0.343 e. The quantitative estimate of drug-likeness (QED) is 0.0490. The molecule has 0 unspecified atom stereocenters. The maximum Gasteiger partial charge on any atom is 0.343 e. The van der Waals surface area contributed by atoms with Gasteiger partial charge in [-0.15, -0.1) is 0 Å². The van der Waals surface area contributed by atoms with Gasteiger partial charge in [0.1, 0.15) is 5.75 Å². The molecule has 0 aliphatic rings. The van der Waals surface area contributed by atoms with Crippen LogP contribution in [0.4, 0.5) is 0 Å². The van der Waals surface area contributed by atoms with Gasteiger partial charge in [0, 0.05) is 0 Å². The van der Waals surface area contributed by atoms with Crippen molar-refractivity contribution in [2.24, 2.45) is 0 Å². The molecule has 2 aromatic carbocycles. The summed E-state index contributed by atoms with van der Waals surface area (Å²) in [6.07, 6.45) is 31.0. The lowest BCUT2D eigenvalue weighted by molar-refractivity contribution is 0.0696. The van der Waals surface area contributed by atoms with Gasteiger partial charge in [0.15, 0.2) is 11.5 Å². The molecule has 6 nitrogen and oxygen atoms in total. The molecule has 0 saturated heterocycles. The Bertz CT molecular complexity index is 1100. The van der Waals surface area contributed by atoms with E-state index in [2.05, 4.69) is 13.8 Å². The number of ether oxygens (including phenoxy) is 3. The van der Waals surface area contributed by atoms with E-state index in [4.69, 9.17) is 19.3 Å². The lowest BCUT2D eigenvalue weighted by Crippen LogP contribution is -2.10. The van der Waals surface area contributed by atoms with Gasteiger partial charge in [-0.1, -0.05) is 155 Å². The predicted molar refractivity (Wildman–Crippen MR) is 198 cm³/mol. The Kier molecular flexibility index (Phi) is 23.9. The zero-order valence-electron chi connectivity index (χ0n) is 30.4. The Hall–Kier alpha value is -3.02. The van der Waals surface area contributed by atoms with Crippen molar-refractivity contribution >= 4 is 11.9 Å². The highest BCUT2D eigenvalue weighted by molar-refractivity contribution is 5.92. The fourth-order valence-electron chi connectivity index (χ4n) is 5.95. The topological polar surface area (TPSA) is 82.1 Å². The molecule has 0 fully saturated rings. The number of carboxylic acids is 1. The van der Waals surface area contributed by atoms with Gasteiger partial charge in [0.2, 0.25) is 0 Å². The number of rotatable bonds is 31. The molecule has 0 saturated carbocycles. The van der Waals surface area contributed by atoms with E-state index in [1.807, 2.05) is 0 Å². The van der Waals surface area contributed by atoms with Gasteiger partial charge in [-0.25, -0.2) is 9.59 Å². The van der Waals surface area contributed by atoms with Gasteiger partial charge in [-0.2, -0.15) is 0 Å². The number of carboxylic acid groups (broad SMARTS) is 1. The third kappa shape index (κ3) is 19.7. The lowest BCUT2D eigenvalue weighted by Gasteiger charge is -2.14. The van der Waals surface area contributed by atoms with Crippen molar-refractivity contribution in [3.8, 4) is 17.2 Å². The number of aromatic carboxylic acids is 1. The largest absolute Gasteiger partial charge is 0.490 e. The summed E-state index contributed by atoms with van der Waals surface area (Å²) in [6, 6.07) is 11.0. The van der Waals surface area contributed by atoms with Crippen molar-refractivity contribution in [1.29, 1.82) is 0 Å². The molecule has 0 heterocycles. The van der Waals surface area contributed by atoms with E-state index in [1.54, 1.807) is 18.2 Å². The highest BCUT2D eigenvalue weighted by atomic mass is 16.5. The number of unbranched alkanes of at least 4 members (excludes halogenated alkanes) is 22. The summed E-state index contributed by atoms with van der Waals surface area (Å²) in [5.41, 5.74) is 0.498. The van der Waals surface area contributed by atoms with E-state index < -0.39 is 11.9 Å². The molecule has 0 bridgehead atoms. The predicted octanol–water partition coefficient (Wildman–Crippen LogP) is 12.8. The van der Waals surface area contributed by atoms with E-state index in [9.17, 15) is 9.59 Å². The summed E-state index contributed by atoms with van der Waals surface area (Å²) in [5.74, 6) is -0.0500. The van der Waals surface area contributed by atoms with Crippen LogP contribution in [-0.2, 0) is 0 Å². The van der Waals surface area contributed by atoms with Gasteiger partial charge in [-0.05, 0) is 55.3 Å². The Balaban J connectivity index is 1.76. The van der Waals surface area contributed by atoms with Crippen LogP contribution >= 0.6 is 0 Å². The van der Waals surface area contributed by atoms with Crippen molar-refractivity contribution in [2.45, 2.75) is 168 Å². The van der Waals surface area contributed by atoms with Gasteiger partial charge in [-0.3, -0.25) is 0 Å². The highest BCUT2D eigenvalue weighted by Crippen LogP contribution is 2.30. The zero-order valence-corrected chi connectivity index (χ0v) is 30.4. The second-order valence-corrected chi connectivity index (χ2v) is 13.4. The van der Waals surface area contributed by atoms with Crippen molar-refractivity contribution in [2.75, 3.05) is 13.2 Å². The third-order valence-corrected chi connectivity index (χ3v) is 9.00.